The van der Waals surface area contributed by atoms with Gasteiger partial charge < -0.3 is 5.32 Å². The van der Waals surface area contributed by atoms with Crippen molar-refractivity contribution in [1.29, 1.82) is 0 Å². The van der Waals surface area contributed by atoms with Crippen LogP contribution in [0.5, 0.6) is 0 Å². The number of alkyl halides is 3. The highest BCUT2D eigenvalue weighted by atomic mass is 35.5. The second-order valence-electron chi connectivity index (χ2n) is 4.61. The van der Waals surface area contributed by atoms with Gasteiger partial charge in [0.1, 0.15) is 11.6 Å². The summed E-state index contributed by atoms with van der Waals surface area (Å²) in [6.45, 7) is 5.63. The predicted molar refractivity (Wildman–Crippen MR) is 85.6 cm³/mol. The third kappa shape index (κ3) is 4.56. The Kier molecular flexibility index (Phi) is 5.05. The number of pyridine rings is 2. The van der Waals surface area contributed by atoms with Crippen molar-refractivity contribution in [3.63, 3.8) is 0 Å². The molecule has 0 aromatic carbocycles. The van der Waals surface area contributed by atoms with Gasteiger partial charge in [-0.15, -0.1) is 0 Å². The Hall–Kier alpha value is -2.34. The highest BCUT2D eigenvalue weighted by Gasteiger charge is 2.30. The summed E-state index contributed by atoms with van der Waals surface area (Å²) >= 11 is 5.93. The Morgan fingerprint density at radius 3 is 2.43 bits per heavy atom. The fourth-order valence-electron chi connectivity index (χ4n) is 1.71. The maximum atomic E-state index is 12.5. The van der Waals surface area contributed by atoms with Gasteiger partial charge in [0.05, 0.1) is 10.9 Å². The lowest BCUT2D eigenvalue weighted by atomic mass is 10.2. The van der Waals surface area contributed by atoms with Crippen LogP contribution in [0.1, 0.15) is 12.5 Å². The van der Waals surface area contributed by atoms with Gasteiger partial charge in [-0.2, -0.15) is 13.2 Å². The van der Waals surface area contributed by atoms with E-state index in [1.54, 1.807) is 31.2 Å². The quantitative estimate of drug-likeness (QED) is 0.929. The zero-order valence-corrected chi connectivity index (χ0v) is 12.9. The van der Waals surface area contributed by atoms with Gasteiger partial charge in [-0.05, 0) is 37.3 Å². The fraction of sp³-hybridized carbons (Fsp3) is 0.125. The zero-order chi connectivity index (χ0) is 17.0. The van der Waals surface area contributed by atoms with Gasteiger partial charge in [-0.3, -0.25) is 0 Å². The van der Waals surface area contributed by atoms with E-state index in [-0.39, 0.29) is 5.82 Å². The van der Waals surface area contributed by atoms with Crippen molar-refractivity contribution in [2.24, 2.45) is 0 Å². The molecule has 1 N–H and O–H groups in total. The highest BCUT2D eigenvalue weighted by molar-refractivity contribution is 6.33. The van der Waals surface area contributed by atoms with Gasteiger partial charge in [0.2, 0.25) is 0 Å². The second kappa shape index (κ2) is 6.83. The Labute approximate surface area is 135 Å². The van der Waals surface area contributed by atoms with Crippen molar-refractivity contribution in [3.8, 4) is 0 Å². The molecule has 0 amide bonds. The van der Waals surface area contributed by atoms with Crippen LogP contribution in [0, 0.1) is 0 Å². The van der Waals surface area contributed by atoms with Crippen molar-refractivity contribution in [3.05, 3.63) is 57.7 Å². The molecular weight excluding hydrogens is 327 g/mol. The maximum absolute atomic E-state index is 12.5. The third-order valence-electron chi connectivity index (χ3n) is 2.93. The van der Waals surface area contributed by atoms with E-state index >= 15 is 0 Å². The number of rotatable bonds is 3. The minimum atomic E-state index is -4.41. The molecule has 120 valence electrons. The van der Waals surface area contributed by atoms with Crippen LogP contribution in [0.4, 0.5) is 24.8 Å². The molecule has 0 bridgehead atoms. The van der Waals surface area contributed by atoms with Gasteiger partial charge in [-0.1, -0.05) is 24.3 Å². The Bertz CT molecular complexity index is 827. The average molecular weight is 340 g/mol. The first-order valence-electron chi connectivity index (χ1n) is 6.59. The standard InChI is InChI=1S/C16H13ClF3N3/c1-3-13(17)8-11-4-6-15(22-10(11)2)23-14-7-5-12(9-21-14)16(18,19)20/h3-9H,2H2,1H3,(H,21,22,23)/b11-8-,13-3+. The van der Waals surface area contributed by atoms with Gasteiger partial charge in [0.15, 0.2) is 0 Å². The smallest absolute Gasteiger partial charge is 0.325 e. The third-order valence-corrected chi connectivity index (χ3v) is 3.25. The first kappa shape index (κ1) is 17.0. The van der Waals surface area contributed by atoms with Crippen LogP contribution in [-0.2, 0) is 6.18 Å². The summed E-state index contributed by atoms with van der Waals surface area (Å²) in [7, 11) is 0. The SMILES string of the molecule is C=c1nc(Nc2ccc(C(F)(F)F)cn2)cc/c1=C/C(Cl)=C\C. The molecule has 23 heavy (non-hydrogen) atoms. The van der Waals surface area contributed by atoms with Crippen molar-refractivity contribution in [2.45, 2.75) is 13.1 Å². The molecule has 0 unspecified atom stereocenters. The lowest BCUT2D eigenvalue weighted by Gasteiger charge is -2.08. The van der Waals surface area contributed by atoms with Gasteiger partial charge in [0, 0.05) is 16.4 Å². The van der Waals surface area contributed by atoms with Crippen LogP contribution >= 0.6 is 11.6 Å². The molecule has 0 saturated carbocycles. The van der Waals surface area contributed by atoms with Gasteiger partial charge in [0.25, 0.3) is 0 Å². The Balaban J connectivity index is 2.23. The highest BCUT2D eigenvalue weighted by Crippen LogP contribution is 2.29. The predicted octanol–water partition coefficient (Wildman–Crippen LogP) is 3.57. The Morgan fingerprint density at radius 2 is 1.91 bits per heavy atom. The van der Waals surface area contributed by atoms with Crippen LogP contribution < -0.4 is 15.9 Å². The van der Waals surface area contributed by atoms with Crippen molar-refractivity contribution in [2.75, 3.05) is 5.32 Å². The number of hydrogen-bond donors (Lipinski definition) is 1. The van der Waals surface area contributed by atoms with Crippen LogP contribution in [0.15, 0.2) is 41.6 Å². The monoisotopic (exact) mass is 339 g/mol. The first-order chi connectivity index (χ1) is 10.8. The minimum Gasteiger partial charge on any atom is -0.325 e. The molecule has 0 aliphatic carbocycles. The van der Waals surface area contributed by atoms with Crippen LogP contribution in [0.3, 0.4) is 0 Å². The average Bonchev–Trinajstić information content (AvgIpc) is 2.49. The summed E-state index contributed by atoms with van der Waals surface area (Å²) in [5.74, 6) is 0.684. The molecule has 0 atom stereocenters. The molecular formula is C16H13ClF3N3. The van der Waals surface area contributed by atoms with E-state index in [9.17, 15) is 13.2 Å². The van der Waals surface area contributed by atoms with Gasteiger partial charge >= 0.3 is 6.18 Å². The molecule has 2 aromatic heterocycles. The normalized spacial score (nSPS) is 13.3. The van der Waals surface area contributed by atoms with E-state index in [2.05, 4.69) is 21.9 Å². The number of halogens is 4. The lowest BCUT2D eigenvalue weighted by Crippen LogP contribution is -2.27. The van der Waals surface area contributed by atoms with Crippen molar-refractivity contribution < 1.29 is 13.2 Å². The van der Waals surface area contributed by atoms with E-state index in [4.69, 9.17) is 11.6 Å². The fourth-order valence-corrected chi connectivity index (χ4v) is 1.83. The molecule has 0 aliphatic rings. The Morgan fingerprint density at radius 1 is 1.22 bits per heavy atom. The summed E-state index contributed by atoms with van der Waals surface area (Å²) in [5, 5.41) is 4.62. The summed E-state index contributed by atoms with van der Waals surface area (Å²) in [6, 6.07) is 5.62. The molecule has 0 fully saturated rings. The minimum absolute atomic E-state index is 0.258. The molecule has 3 nitrogen and oxygen atoms in total. The van der Waals surface area contributed by atoms with Crippen molar-refractivity contribution >= 4 is 35.9 Å². The molecule has 0 radical (unpaired) electrons. The molecule has 7 heteroatoms. The van der Waals surface area contributed by atoms with E-state index in [1.165, 1.54) is 6.07 Å². The first-order valence-corrected chi connectivity index (χ1v) is 6.97. The number of allylic oxidation sites excluding steroid dienone is 2. The van der Waals surface area contributed by atoms with E-state index in [0.29, 0.717) is 16.2 Å². The van der Waals surface area contributed by atoms with Crippen LogP contribution in [-0.4, -0.2) is 9.97 Å². The van der Waals surface area contributed by atoms with Crippen LogP contribution in [0.2, 0.25) is 0 Å². The summed E-state index contributed by atoms with van der Waals surface area (Å²) in [6.07, 6.45) is -0.189. The summed E-state index contributed by atoms with van der Waals surface area (Å²) in [5.41, 5.74) is -0.806. The number of aromatic nitrogens is 2. The second-order valence-corrected chi connectivity index (χ2v) is 5.04. The van der Waals surface area contributed by atoms with Crippen molar-refractivity contribution in [1.82, 2.24) is 9.97 Å². The summed E-state index contributed by atoms with van der Waals surface area (Å²) < 4.78 is 37.4. The molecule has 0 spiro atoms. The van der Waals surface area contributed by atoms with E-state index in [0.717, 1.165) is 17.5 Å². The summed E-state index contributed by atoms with van der Waals surface area (Å²) in [4.78, 5) is 7.95. The molecule has 2 heterocycles. The van der Waals surface area contributed by atoms with Crippen LogP contribution in [0.25, 0.3) is 12.7 Å². The topological polar surface area (TPSA) is 37.8 Å². The lowest BCUT2D eigenvalue weighted by molar-refractivity contribution is -0.137. The van der Waals surface area contributed by atoms with Gasteiger partial charge in [-0.25, -0.2) is 9.97 Å². The molecule has 2 aromatic rings. The number of hydrogen-bond acceptors (Lipinski definition) is 3. The molecule has 2 rings (SSSR count). The number of nitrogens with one attached hydrogen (secondary N) is 1. The van der Waals surface area contributed by atoms with E-state index < -0.39 is 11.7 Å². The largest absolute Gasteiger partial charge is 0.417 e. The molecule has 0 saturated heterocycles. The maximum Gasteiger partial charge on any atom is 0.417 e. The number of nitrogens with zero attached hydrogens (tertiary/aromatic N) is 2. The zero-order valence-electron chi connectivity index (χ0n) is 12.2. The van der Waals surface area contributed by atoms with E-state index in [1.807, 2.05) is 0 Å². The number of anilines is 2. The molecule has 0 aliphatic heterocycles.